The Labute approximate surface area is 120 Å². The number of carbonyl (C=O) groups is 1. The summed E-state index contributed by atoms with van der Waals surface area (Å²) in [5.74, 6) is 1.12. The molecule has 0 aliphatic carbocycles. The van der Waals surface area contributed by atoms with Crippen molar-refractivity contribution >= 4 is 33.5 Å². The second-order valence-electron chi connectivity index (χ2n) is 4.03. The van der Waals surface area contributed by atoms with Crippen LogP contribution in [-0.4, -0.2) is 35.1 Å². The first-order valence-corrected chi connectivity index (χ1v) is 7.46. The Morgan fingerprint density at radius 2 is 2.17 bits per heavy atom. The number of carbonyl (C=O) groups excluding carboxylic acids is 1. The Hall–Kier alpha value is -0.520. The van der Waals surface area contributed by atoms with Crippen LogP contribution in [0.1, 0.15) is 24.2 Å². The van der Waals surface area contributed by atoms with Gasteiger partial charge in [0.15, 0.2) is 5.78 Å². The zero-order valence-electron chi connectivity index (χ0n) is 10.6. The summed E-state index contributed by atoms with van der Waals surface area (Å²) >= 11 is 4.81. The standard InChI is InChI=1S/C13H17BrO3S/c1-8(15)9(2)18-7-12(16)10-4-5-13(17-3)11(14)6-10/h4-6,8-9,15H,7H2,1-3H3. The van der Waals surface area contributed by atoms with Gasteiger partial charge in [-0.05, 0) is 41.1 Å². The molecule has 3 nitrogen and oxygen atoms in total. The van der Waals surface area contributed by atoms with Crippen LogP contribution in [0.5, 0.6) is 5.75 Å². The lowest BCUT2D eigenvalue weighted by Crippen LogP contribution is -2.17. The molecule has 2 atom stereocenters. The summed E-state index contributed by atoms with van der Waals surface area (Å²) in [6.07, 6.45) is -0.412. The highest BCUT2D eigenvalue weighted by molar-refractivity contribution is 9.10. The number of ketones is 1. The highest BCUT2D eigenvalue weighted by Gasteiger charge is 2.14. The molecule has 1 aromatic carbocycles. The van der Waals surface area contributed by atoms with E-state index in [1.54, 1.807) is 32.2 Å². The second kappa shape index (κ2) is 7.16. The molecule has 5 heteroatoms. The Bertz CT molecular complexity index is 421. The van der Waals surface area contributed by atoms with Gasteiger partial charge in [0.25, 0.3) is 0 Å². The van der Waals surface area contributed by atoms with Crippen LogP contribution < -0.4 is 4.74 Å². The molecule has 0 bridgehead atoms. The minimum atomic E-state index is -0.412. The Balaban J connectivity index is 2.65. The molecule has 18 heavy (non-hydrogen) atoms. The van der Waals surface area contributed by atoms with E-state index in [1.165, 1.54) is 11.8 Å². The molecule has 1 rings (SSSR count). The zero-order valence-corrected chi connectivity index (χ0v) is 13.0. The summed E-state index contributed by atoms with van der Waals surface area (Å²) in [5, 5.41) is 9.41. The summed E-state index contributed by atoms with van der Waals surface area (Å²) in [7, 11) is 1.59. The number of thioether (sulfide) groups is 1. The van der Waals surface area contributed by atoms with Gasteiger partial charge in [-0.3, -0.25) is 4.79 Å². The largest absolute Gasteiger partial charge is 0.496 e. The topological polar surface area (TPSA) is 46.5 Å². The third kappa shape index (κ3) is 4.30. The van der Waals surface area contributed by atoms with E-state index in [0.29, 0.717) is 17.1 Å². The zero-order chi connectivity index (χ0) is 13.7. The van der Waals surface area contributed by atoms with Gasteiger partial charge in [0.2, 0.25) is 0 Å². The first-order valence-electron chi connectivity index (χ1n) is 5.62. The van der Waals surface area contributed by atoms with Crippen molar-refractivity contribution in [2.24, 2.45) is 0 Å². The van der Waals surface area contributed by atoms with Gasteiger partial charge in [-0.25, -0.2) is 0 Å². The number of hydrogen-bond acceptors (Lipinski definition) is 4. The average molecular weight is 333 g/mol. The first-order chi connectivity index (χ1) is 8.45. The molecule has 1 N–H and O–H groups in total. The SMILES string of the molecule is COc1ccc(C(=O)CSC(C)C(C)O)cc1Br. The normalized spacial score (nSPS) is 14.1. The van der Waals surface area contributed by atoms with E-state index in [1.807, 2.05) is 6.92 Å². The molecule has 100 valence electrons. The number of halogens is 1. The van der Waals surface area contributed by atoms with Crippen molar-refractivity contribution < 1.29 is 14.6 Å². The number of aliphatic hydroxyl groups excluding tert-OH is 1. The van der Waals surface area contributed by atoms with Crippen molar-refractivity contribution in [3.05, 3.63) is 28.2 Å². The van der Waals surface area contributed by atoms with Crippen LogP contribution in [0.4, 0.5) is 0 Å². The van der Waals surface area contributed by atoms with Gasteiger partial charge < -0.3 is 9.84 Å². The minimum Gasteiger partial charge on any atom is -0.496 e. The van der Waals surface area contributed by atoms with E-state index in [0.717, 1.165) is 4.47 Å². The molecule has 0 amide bonds. The monoisotopic (exact) mass is 332 g/mol. The van der Waals surface area contributed by atoms with E-state index in [-0.39, 0.29) is 11.0 Å². The summed E-state index contributed by atoms with van der Waals surface area (Å²) in [4.78, 5) is 12.0. The average Bonchev–Trinajstić information content (AvgIpc) is 2.35. The van der Waals surface area contributed by atoms with Crippen molar-refractivity contribution in [1.29, 1.82) is 0 Å². The third-order valence-electron chi connectivity index (χ3n) is 2.63. The summed E-state index contributed by atoms with van der Waals surface area (Å²) in [6, 6.07) is 5.27. The number of methoxy groups -OCH3 is 1. The van der Waals surface area contributed by atoms with Crippen LogP contribution >= 0.6 is 27.7 Å². The quantitative estimate of drug-likeness (QED) is 0.813. The fraction of sp³-hybridized carbons (Fsp3) is 0.462. The Morgan fingerprint density at radius 3 is 2.67 bits per heavy atom. The molecule has 0 aromatic heterocycles. The van der Waals surface area contributed by atoms with Gasteiger partial charge >= 0.3 is 0 Å². The number of hydrogen-bond donors (Lipinski definition) is 1. The molecule has 0 aliphatic heterocycles. The Kier molecular flexibility index (Phi) is 6.18. The van der Waals surface area contributed by atoms with Crippen molar-refractivity contribution in [2.45, 2.75) is 25.2 Å². The van der Waals surface area contributed by atoms with E-state index in [4.69, 9.17) is 4.74 Å². The molecule has 0 saturated carbocycles. The van der Waals surface area contributed by atoms with Gasteiger partial charge in [0, 0.05) is 10.8 Å². The van der Waals surface area contributed by atoms with Crippen LogP contribution in [-0.2, 0) is 0 Å². The van der Waals surface area contributed by atoms with Gasteiger partial charge in [0.1, 0.15) is 5.75 Å². The molecule has 0 radical (unpaired) electrons. The third-order valence-corrected chi connectivity index (χ3v) is 4.60. The van der Waals surface area contributed by atoms with Crippen LogP contribution in [0.25, 0.3) is 0 Å². The fourth-order valence-corrected chi connectivity index (χ4v) is 2.67. The number of benzene rings is 1. The highest BCUT2D eigenvalue weighted by atomic mass is 79.9. The minimum absolute atomic E-state index is 0.0515. The lowest BCUT2D eigenvalue weighted by atomic mass is 10.1. The number of Topliss-reactive ketones (excluding diaryl/α,β-unsaturated/α-hetero) is 1. The van der Waals surface area contributed by atoms with Crippen LogP contribution in [0, 0.1) is 0 Å². The highest BCUT2D eigenvalue weighted by Crippen LogP contribution is 2.26. The molecule has 0 saturated heterocycles. The predicted molar refractivity (Wildman–Crippen MR) is 78.6 cm³/mol. The van der Waals surface area contributed by atoms with E-state index in [2.05, 4.69) is 15.9 Å². The smallest absolute Gasteiger partial charge is 0.172 e. The maximum absolute atomic E-state index is 12.0. The molecular weight excluding hydrogens is 316 g/mol. The van der Waals surface area contributed by atoms with Crippen LogP contribution in [0.3, 0.4) is 0 Å². The van der Waals surface area contributed by atoms with Gasteiger partial charge in [-0.2, -0.15) is 0 Å². The number of ether oxygens (including phenoxy) is 1. The van der Waals surface area contributed by atoms with Crippen molar-refractivity contribution in [1.82, 2.24) is 0 Å². The number of rotatable bonds is 6. The molecular formula is C13H17BrO3S. The maximum Gasteiger partial charge on any atom is 0.172 e. The second-order valence-corrected chi connectivity index (χ2v) is 6.25. The van der Waals surface area contributed by atoms with Crippen molar-refractivity contribution in [3.8, 4) is 5.75 Å². The van der Waals surface area contributed by atoms with Crippen LogP contribution in [0.15, 0.2) is 22.7 Å². The molecule has 0 fully saturated rings. The molecule has 2 unspecified atom stereocenters. The maximum atomic E-state index is 12.0. The van der Waals surface area contributed by atoms with Gasteiger partial charge in [0.05, 0.1) is 23.4 Å². The Morgan fingerprint density at radius 1 is 1.50 bits per heavy atom. The first kappa shape index (κ1) is 15.5. The van der Waals surface area contributed by atoms with Crippen LogP contribution in [0.2, 0.25) is 0 Å². The van der Waals surface area contributed by atoms with E-state index in [9.17, 15) is 9.90 Å². The summed E-state index contributed by atoms with van der Waals surface area (Å²) < 4.78 is 5.88. The predicted octanol–water partition coefficient (Wildman–Crippen LogP) is 3.14. The van der Waals surface area contributed by atoms with Crippen molar-refractivity contribution in [3.63, 3.8) is 0 Å². The lowest BCUT2D eigenvalue weighted by Gasteiger charge is -2.13. The molecule has 1 aromatic rings. The van der Waals surface area contributed by atoms with Gasteiger partial charge in [-0.15, -0.1) is 11.8 Å². The summed E-state index contributed by atoms with van der Waals surface area (Å²) in [6.45, 7) is 3.64. The van der Waals surface area contributed by atoms with Crippen molar-refractivity contribution in [2.75, 3.05) is 12.9 Å². The molecule has 0 aliphatic rings. The lowest BCUT2D eigenvalue weighted by molar-refractivity contribution is 0.102. The molecule has 0 heterocycles. The molecule has 0 spiro atoms. The fourth-order valence-electron chi connectivity index (χ4n) is 1.27. The van der Waals surface area contributed by atoms with Gasteiger partial charge in [-0.1, -0.05) is 6.92 Å². The summed E-state index contributed by atoms with van der Waals surface area (Å²) in [5.41, 5.74) is 0.646. The van der Waals surface area contributed by atoms with E-state index >= 15 is 0 Å². The number of aliphatic hydroxyl groups is 1. The van der Waals surface area contributed by atoms with E-state index < -0.39 is 6.10 Å².